The van der Waals surface area contributed by atoms with Gasteiger partial charge in [-0.05, 0) is 27.7 Å². The normalized spacial score (nSPS) is 29.3. The molecule has 0 aromatic rings. The highest BCUT2D eigenvalue weighted by molar-refractivity contribution is 5.65. The van der Waals surface area contributed by atoms with Crippen LogP contribution in [0.15, 0.2) is 0 Å². The number of nitrogens with zero attached hydrogens (tertiary/aromatic N) is 3. The summed E-state index contributed by atoms with van der Waals surface area (Å²) in [7, 11) is 0. The van der Waals surface area contributed by atoms with E-state index in [1.807, 2.05) is 25.8 Å². The topological polar surface area (TPSA) is 59.5 Å². The summed E-state index contributed by atoms with van der Waals surface area (Å²) in [6.45, 7) is 13.0. The first kappa shape index (κ1) is 14.6. The number of carboxylic acid groups (broad SMARTS) is 1. The van der Waals surface area contributed by atoms with Crippen molar-refractivity contribution in [1.82, 2.24) is 14.9 Å². The van der Waals surface area contributed by atoms with Crippen LogP contribution in [0.1, 0.15) is 27.7 Å². The second kappa shape index (κ2) is 4.92. The molecule has 0 aromatic heterocycles. The van der Waals surface area contributed by atoms with Crippen LogP contribution in [-0.2, 0) is 4.74 Å². The van der Waals surface area contributed by atoms with Crippen molar-refractivity contribution in [3.8, 4) is 0 Å². The maximum absolute atomic E-state index is 11.4. The Hall–Kier alpha value is -0.850. The lowest BCUT2D eigenvalue weighted by Gasteiger charge is -2.45. The van der Waals surface area contributed by atoms with Crippen molar-refractivity contribution in [2.24, 2.45) is 0 Å². The van der Waals surface area contributed by atoms with Crippen LogP contribution in [0.3, 0.4) is 0 Å². The monoisotopic (exact) mass is 271 g/mol. The van der Waals surface area contributed by atoms with Crippen LogP contribution in [0.2, 0.25) is 0 Å². The van der Waals surface area contributed by atoms with Crippen LogP contribution in [0, 0.1) is 0 Å². The molecule has 0 bridgehead atoms. The molecule has 110 valence electrons. The Morgan fingerprint density at radius 1 is 1.32 bits per heavy atom. The molecule has 1 amide bonds. The minimum atomic E-state index is -0.876. The first-order valence-corrected chi connectivity index (χ1v) is 6.86. The van der Waals surface area contributed by atoms with E-state index in [0.29, 0.717) is 0 Å². The maximum Gasteiger partial charge on any atom is 0.422 e. The molecule has 0 aromatic carbocycles. The van der Waals surface area contributed by atoms with Gasteiger partial charge >= 0.3 is 6.09 Å². The van der Waals surface area contributed by atoms with E-state index in [9.17, 15) is 9.90 Å². The van der Waals surface area contributed by atoms with Gasteiger partial charge in [0.1, 0.15) is 5.60 Å². The standard InChI is InChI=1S/C13H25N3O3/c1-12(2,3)16(11(17)18)15-7-5-14(6-8-15)9-13(4)10-19-13/h5-10H2,1-4H3,(H,17,18). The molecule has 2 fully saturated rings. The average Bonchev–Trinajstić information content (AvgIpc) is 2.96. The minimum absolute atomic E-state index is 0.0404. The van der Waals surface area contributed by atoms with Crippen LogP contribution in [-0.4, -0.2) is 76.6 Å². The van der Waals surface area contributed by atoms with Gasteiger partial charge in [-0.2, -0.15) is 0 Å². The van der Waals surface area contributed by atoms with E-state index in [0.717, 1.165) is 39.3 Å². The van der Waals surface area contributed by atoms with Gasteiger partial charge in [0.2, 0.25) is 0 Å². The van der Waals surface area contributed by atoms with Crippen molar-refractivity contribution in [1.29, 1.82) is 0 Å². The zero-order valence-corrected chi connectivity index (χ0v) is 12.3. The number of rotatable bonds is 3. The van der Waals surface area contributed by atoms with Crippen molar-refractivity contribution in [2.75, 3.05) is 39.3 Å². The molecule has 0 saturated carbocycles. The number of amides is 1. The average molecular weight is 271 g/mol. The van der Waals surface area contributed by atoms with Crippen molar-refractivity contribution in [3.05, 3.63) is 0 Å². The molecular formula is C13H25N3O3. The predicted octanol–water partition coefficient (Wildman–Crippen LogP) is 1.09. The highest BCUT2D eigenvalue weighted by Gasteiger charge is 2.42. The zero-order valence-electron chi connectivity index (χ0n) is 12.3. The fraction of sp³-hybridized carbons (Fsp3) is 0.923. The van der Waals surface area contributed by atoms with Gasteiger partial charge in [-0.3, -0.25) is 4.90 Å². The second-order valence-corrected chi connectivity index (χ2v) is 6.73. The fourth-order valence-electron chi connectivity index (χ4n) is 2.62. The van der Waals surface area contributed by atoms with E-state index in [1.165, 1.54) is 5.01 Å². The van der Waals surface area contributed by atoms with Gasteiger partial charge in [0.05, 0.1) is 12.1 Å². The molecule has 1 N–H and O–H groups in total. The van der Waals surface area contributed by atoms with Gasteiger partial charge < -0.3 is 9.84 Å². The number of hydrogen-bond acceptors (Lipinski definition) is 4. The molecule has 2 aliphatic heterocycles. The Balaban J connectivity index is 1.89. The van der Waals surface area contributed by atoms with E-state index in [-0.39, 0.29) is 5.60 Å². The second-order valence-electron chi connectivity index (χ2n) is 6.73. The molecule has 6 nitrogen and oxygen atoms in total. The Morgan fingerprint density at radius 2 is 1.84 bits per heavy atom. The molecule has 0 aliphatic carbocycles. The third-order valence-electron chi connectivity index (χ3n) is 3.64. The van der Waals surface area contributed by atoms with E-state index in [1.54, 1.807) is 0 Å². The van der Waals surface area contributed by atoms with Gasteiger partial charge in [0.25, 0.3) is 0 Å². The molecule has 2 aliphatic rings. The quantitative estimate of drug-likeness (QED) is 0.779. The van der Waals surface area contributed by atoms with E-state index in [4.69, 9.17) is 4.74 Å². The van der Waals surface area contributed by atoms with Crippen LogP contribution in [0.4, 0.5) is 4.79 Å². The van der Waals surface area contributed by atoms with Crippen molar-refractivity contribution < 1.29 is 14.6 Å². The van der Waals surface area contributed by atoms with E-state index < -0.39 is 11.6 Å². The third kappa shape index (κ3) is 3.58. The Morgan fingerprint density at radius 3 is 2.21 bits per heavy atom. The summed E-state index contributed by atoms with van der Waals surface area (Å²) in [5.41, 5.74) is -0.363. The highest BCUT2D eigenvalue weighted by atomic mass is 16.6. The van der Waals surface area contributed by atoms with E-state index in [2.05, 4.69) is 11.8 Å². The van der Waals surface area contributed by atoms with Crippen LogP contribution in [0.5, 0.6) is 0 Å². The zero-order chi connectivity index (χ0) is 14.3. The lowest BCUT2D eigenvalue weighted by atomic mass is 10.1. The molecule has 19 heavy (non-hydrogen) atoms. The number of piperazine rings is 1. The summed E-state index contributed by atoms with van der Waals surface area (Å²) in [5, 5.41) is 12.8. The molecule has 2 heterocycles. The number of ether oxygens (including phenoxy) is 1. The molecule has 2 saturated heterocycles. The third-order valence-corrected chi connectivity index (χ3v) is 3.64. The van der Waals surface area contributed by atoms with Crippen molar-refractivity contribution in [3.63, 3.8) is 0 Å². The largest absolute Gasteiger partial charge is 0.464 e. The lowest BCUT2D eigenvalue weighted by Crippen LogP contribution is -2.61. The molecule has 0 spiro atoms. The predicted molar refractivity (Wildman–Crippen MR) is 72.0 cm³/mol. The summed E-state index contributed by atoms with van der Waals surface area (Å²) >= 11 is 0. The Kier molecular flexibility index (Phi) is 3.77. The highest BCUT2D eigenvalue weighted by Crippen LogP contribution is 2.27. The number of epoxide rings is 1. The number of hydrogen-bond donors (Lipinski definition) is 1. The lowest BCUT2D eigenvalue weighted by molar-refractivity contribution is -0.0891. The molecular weight excluding hydrogens is 246 g/mol. The summed E-state index contributed by atoms with van der Waals surface area (Å²) in [5.74, 6) is 0. The first-order chi connectivity index (χ1) is 8.71. The smallest absolute Gasteiger partial charge is 0.422 e. The molecule has 0 radical (unpaired) electrons. The van der Waals surface area contributed by atoms with Crippen molar-refractivity contribution in [2.45, 2.75) is 38.8 Å². The molecule has 1 atom stereocenters. The number of carbonyl (C=O) groups is 1. The molecule has 1 unspecified atom stereocenters. The molecule has 6 heteroatoms. The van der Waals surface area contributed by atoms with Crippen LogP contribution in [0.25, 0.3) is 0 Å². The van der Waals surface area contributed by atoms with Crippen LogP contribution >= 0.6 is 0 Å². The number of hydrazine groups is 1. The first-order valence-electron chi connectivity index (χ1n) is 6.86. The summed E-state index contributed by atoms with van der Waals surface area (Å²) in [6, 6.07) is 0. The summed E-state index contributed by atoms with van der Waals surface area (Å²) in [6.07, 6.45) is -0.876. The maximum atomic E-state index is 11.4. The van der Waals surface area contributed by atoms with Gasteiger partial charge in [-0.1, -0.05) is 0 Å². The summed E-state index contributed by atoms with van der Waals surface area (Å²) in [4.78, 5) is 13.8. The van der Waals surface area contributed by atoms with Gasteiger partial charge in [-0.25, -0.2) is 14.8 Å². The van der Waals surface area contributed by atoms with Gasteiger partial charge in [-0.15, -0.1) is 0 Å². The van der Waals surface area contributed by atoms with Crippen molar-refractivity contribution >= 4 is 6.09 Å². The molecule has 2 rings (SSSR count). The van der Waals surface area contributed by atoms with Crippen LogP contribution < -0.4 is 0 Å². The van der Waals surface area contributed by atoms with Gasteiger partial charge in [0.15, 0.2) is 0 Å². The van der Waals surface area contributed by atoms with E-state index >= 15 is 0 Å². The summed E-state index contributed by atoms with van der Waals surface area (Å²) < 4.78 is 5.41. The Bertz CT molecular complexity index is 342. The van der Waals surface area contributed by atoms with Gasteiger partial charge in [0, 0.05) is 32.7 Å². The SMILES string of the molecule is CC1(CN2CCN(N(C(=O)O)C(C)(C)C)CC2)CO1. The minimum Gasteiger partial charge on any atom is -0.464 e. The fourth-order valence-corrected chi connectivity index (χ4v) is 2.62. The Labute approximate surface area is 114 Å².